The van der Waals surface area contributed by atoms with Crippen molar-refractivity contribution < 1.29 is 0 Å². The zero-order valence-electron chi connectivity index (χ0n) is 13.7. The third kappa shape index (κ3) is 1.97. The quantitative estimate of drug-likeness (QED) is 0.891. The number of rotatable bonds is 4. The highest BCUT2D eigenvalue weighted by Gasteiger charge is 2.59. The average Bonchev–Trinajstić information content (AvgIpc) is 2.95. The van der Waals surface area contributed by atoms with Crippen molar-refractivity contribution in [3.8, 4) is 0 Å². The van der Waals surface area contributed by atoms with E-state index in [1.807, 2.05) is 0 Å². The smallest absolute Gasteiger partial charge is 0.203 e. The number of imidazole rings is 1. The average molecular weight is 275 g/mol. The summed E-state index contributed by atoms with van der Waals surface area (Å²) in [6, 6.07) is 0.547. The van der Waals surface area contributed by atoms with Gasteiger partial charge < -0.3 is 9.88 Å². The van der Waals surface area contributed by atoms with E-state index in [0.29, 0.717) is 16.9 Å². The normalized spacial score (nSPS) is 34.6. The maximum Gasteiger partial charge on any atom is 0.203 e. The Hall–Kier alpha value is -0.990. The van der Waals surface area contributed by atoms with E-state index in [-0.39, 0.29) is 0 Å². The number of hydrogen-bond acceptors (Lipinski definition) is 2. The molecular weight excluding hydrogens is 246 g/mol. The van der Waals surface area contributed by atoms with Crippen molar-refractivity contribution >= 4 is 5.95 Å². The van der Waals surface area contributed by atoms with E-state index in [9.17, 15) is 0 Å². The van der Waals surface area contributed by atoms with Gasteiger partial charge in [0.25, 0.3) is 0 Å². The standard InChI is InChI=1S/C17H29N3/c1-6-9-20-11-12(2)18-15(20)19-14-16(3,4)13-7-8-17(14,5)10-13/h11,13-14H,6-10H2,1-5H3,(H,18,19). The Bertz CT molecular complexity index is 498. The molecule has 2 bridgehead atoms. The highest BCUT2D eigenvalue weighted by atomic mass is 15.2. The van der Waals surface area contributed by atoms with Crippen molar-refractivity contribution in [3.05, 3.63) is 11.9 Å². The van der Waals surface area contributed by atoms with Gasteiger partial charge in [-0.3, -0.25) is 0 Å². The maximum atomic E-state index is 4.72. The molecule has 2 saturated carbocycles. The summed E-state index contributed by atoms with van der Waals surface area (Å²) < 4.78 is 2.29. The third-order valence-corrected chi connectivity index (χ3v) is 5.90. The Morgan fingerprint density at radius 1 is 1.40 bits per heavy atom. The van der Waals surface area contributed by atoms with Crippen molar-refractivity contribution in [2.24, 2.45) is 16.7 Å². The summed E-state index contributed by atoms with van der Waals surface area (Å²) in [5.74, 6) is 1.96. The topological polar surface area (TPSA) is 29.9 Å². The number of nitrogens with zero attached hydrogens (tertiary/aromatic N) is 2. The fourth-order valence-electron chi connectivity index (χ4n) is 4.86. The Balaban J connectivity index is 1.87. The molecule has 2 fully saturated rings. The summed E-state index contributed by atoms with van der Waals surface area (Å²) in [6.45, 7) is 12.7. The Morgan fingerprint density at radius 3 is 2.75 bits per heavy atom. The summed E-state index contributed by atoms with van der Waals surface area (Å²) in [4.78, 5) is 4.72. The van der Waals surface area contributed by atoms with Crippen molar-refractivity contribution in [1.82, 2.24) is 9.55 Å². The minimum Gasteiger partial charge on any atom is -0.352 e. The number of nitrogens with one attached hydrogen (secondary N) is 1. The zero-order chi connectivity index (χ0) is 14.5. The monoisotopic (exact) mass is 275 g/mol. The number of fused-ring (bicyclic) bond motifs is 2. The molecule has 0 aliphatic heterocycles. The Kier molecular flexibility index (Phi) is 3.15. The van der Waals surface area contributed by atoms with Crippen LogP contribution in [0.5, 0.6) is 0 Å². The predicted molar refractivity (Wildman–Crippen MR) is 83.9 cm³/mol. The van der Waals surface area contributed by atoms with Crippen molar-refractivity contribution in [1.29, 1.82) is 0 Å². The molecule has 1 heterocycles. The molecular formula is C17H29N3. The summed E-state index contributed by atoms with van der Waals surface area (Å²) in [5, 5.41) is 3.83. The van der Waals surface area contributed by atoms with Crippen LogP contribution in [0.1, 0.15) is 59.1 Å². The van der Waals surface area contributed by atoms with Crippen LogP contribution >= 0.6 is 0 Å². The van der Waals surface area contributed by atoms with Crippen LogP contribution in [0.4, 0.5) is 5.95 Å². The largest absolute Gasteiger partial charge is 0.352 e. The minimum absolute atomic E-state index is 0.379. The van der Waals surface area contributed by atoms with Crippen LogP contribution in [0.15, 0.2) is 6.20 Å². The van der Waals surface area contributed by atoms with Gasteiger partial charge in [0.2, 0.25) is 5.95 Å². The summed E-state index contributed by atoms with van der Waals surface area (Å²) in [6.07, 6.45) is 7.48. The van der Waals surface area contributed by atoms with Crippen LogP contribution in [-0.4, -0.2) is 15.6 Å². The molecule has 3 rings (SSSR count). The van der Waals surface area contributed by atoms with Crippen molar-refractivity contribution in [2.75, 3.05) is 5.32 Å². The van der Waals surface area contributed by atoms with E-state index in [2.05, 4.69) is 50.7 Å². The lowest BCUT2D eigenvalue weighted by Crippen LogP contribution is -2.46. The number of hydrogen-bond donors (Lipinski definition) is 1. The van der Waals surface area contributed by atoms with E-state index >= 15 is 0 Å². The molecule has 3 atom stereocenters. The Labute approximate surface area is 123 Å². The van der Waals surface area contributed by atoms with E-state index in [4.69, 9.17) is 4.98 Å². The number of aryl methyl sites for hydroxylation is 2. The molecule has 1 N–H and O–H groups in total. The molecule has 0 amide bonds. The van der Waals surface area contributed by atoms with Gasteiger partial charge in [-0.25, -0.2) is 4.98 Å². The lowest BCUT2D eigenvalue weighted by Gasteiger charge is -2.43. The van der Waals surface area contributed by atoms with Gasteiger partial charge in [-0.2, -0.15) is 0 Å². The molecule has 0 spiro atoms. The summed E-state index contributed by atoms with van der Waals surface area (Å²) in [5.41, 5.74) is 1.95. The first-order chi connectivity index (χ1) is 9.37. The first-order valence-electron chi connectivity index (χ1n) is 8.17. The van der Waals surface area contributed by atoms with Crippen LogP contribution in [0.3, 0.4) is 0 Å². The van der Waals surface area contributed by atoms with E-state index in [1.54, 1.807) is 0 Å². The predicted octanol–water partition coefficient (Wildman–Crippen LogP) is 4.23. The molecule has 0 radical (unpaired) electrons. The van der Waals surface area contributed by atoms with Gasteiger partial charge >= 0.3 is 0 Å². The van der Waals surface area contributed by atoms with Crippen LogP contribution in [0, 0.1) is 23.7 Å². The first kappa shape index (κ1) is 14.0. The number of anilines is 1. The molecule has 1 aromatic heterocycles. The first-order valence-corrected chi connectivity index (χ1v) is 8.17. The highest BCUT2D eigenvalue weighted by Crippen LogP contribution is 2.63. The third-order valence-electron chi connectivity index (χ3n) is 5.90. The van der Waals surface area contributed by atoms with Gasteiger partial charge in [-0.05, 0) is 49.4 Å². The minimum atomic E-state index is 0.379. The van der Waals surface area contributed by atoms with Gasteiger partial charge in [0.05, 0.1) is 5.69 Å². The van der Waals surface area contributed by atoms with Crippen molar-refractivity contribution in [2.45, 2.75) is 72.9 Å². The van der Waals surface area contributed by atoms with Crippen LogP contribution in [0.25, 0.3) is 0 Å². The molecule has 112 valence electrons. The maximum absolute atomic E-state index is 4.72. The second-order valence-corrected chi connectivity index (χ2v) is 7.89. The summed E-state index contributed by atoms with van der Waals surface area (Å²) in [7, 11) is 0. The van der Waals surface area contributed by atoms with Crippen LogP contribution in [-0.2, 0) is 6.54 Å². The van der Waals surface area contributed by atoms with E-state index < -0.39 is 0 Å². The molecule has 0 aromatic carbocycles. The van der Waals surface area contributed by atoms with Crippen molar-refractivity contribution in [3.63, 3.8) is 0 Å². The van der Waals surface area contributed by atoms with E-state index in [1.165, 1.54) is 19.3 Å². The lowest BCUT2D eigenvalue weighted by atomic mass is 9.68. The van der Waals surface area contributed by atoms with Gasteiger partial charge in [-0.1, -0.05) is 27.7 Å². The summed E-state index contributed by atoms with van der Waals surface area (Å²) >= 11 is 0. The molecule has 3 heteroatoms. The molecule has 1 aromatic rings. The van der Waals surface area contributed by atoms with Crippen LogP contribution < -0.4 is 5.32 Å². The van der Waals surface area contributed by atoms with Gasteiger partial charge in [0.1, 0.15) is 0 Å². The Morgan fingerprint density at radius 2 is 2.15 bits per heavy atom. The second kappa shape index (κ2) is 4.51. The van der Waals surface area contributed by atoms with E-state index in [0.717, 1.165) is 30.5 Å². The highest BCUT2D eigenvalue weighted by molar-refractivity contribution is 5.34. The fraction of sp³-hybridized carbons (Fsp3) is 0.824. The number of aromatic nitrogens is 2. The molecule has 3 nitrogen and oxygen atoms in total. The lowest BCUT2D eigenvalue weighted by molar-refractivity contribution is 0.154. The van der Waals surface area contributed by atoms with Gasteiger partial charge in [0.15, 0.2) is 0 Å². The zero-order valence-corrected chi connectivity index (χ0v) is 13.7. The molecule has 2 aliphatic carbocycles. The molecule has 3 unspecified atom stereocenters. The molecule has 0 saturated heterocycles. The fourth-order valence-corrected chi connectivity index (χ4v) is 4.86. The van der Waals surface area contributed by atoms with Gasteiger partial charge in [0, 0.05) is 18.8 Å². The SMILES string of the molecule is CCCn1cc(C)nc1NC1C2(C)CCC(C2)C1(C)C. The van der Waals surface area contributed by atoms with Gasteiger partial charge in [-0.15, -0.1) is 0 Å². The molecule has 2 aliphatic rings. The molecule has 20 heavy (non-hydrogen) atoms. The van der Waals surface area contributed by atoms with Crippen LogP contribution in [0.2, 0.25) is 0 Å². The second-order valence-electron chi connectivity index (χ2n) is 7.89.